The molecule has 2 fully saturated rings. The number of piperazine rings is 1. The van der Waals surface area contributed by atoms with E-state index in [2.05, 4.69) is 23.6 Å². The van der Waals surface area contributed by atoms with Crippen molar-refractivity contribution in [2.75, 3.05) is 32.7 Å². The molecule has 2 N–H and O–H groups in total. The number of carbonyl (C=O) groups is 1. The fourth-order valence-corrected chi connectivity index (χ4v) is 3.50. The van der Waals surface area contributed by atoms with Crippen LogP contribution in [0.1, 0.15) is 52.4 Å². The summed E-state index contributed by atoms with van der Waals surface area (Å²) in [6, 6.07) is 0. The lowest BCUT2D eigenvalue weighted by Crippen LogP contribution is -2.54. The van der Waals surface area contributed by atoms with Crippen LogP contribution >= 0.6 is 12.4 Å². The molecular formula is C16H32ClN3O. The molecule has 21 heavy (non-hydrogen) atoms. The molecular weight excluding hydrogens is 286 g/mol. The molecule has 124 valence electrons. The molecule has 0 atom stereocenters. The first kappa shape index (κ1) is 18.7. The Morgan fingerprint density at radius 2 is 1.67 bits per heavy atom. The van der Waals surface area contributed by atoms with Gasteiger partial charge in [0.25, 0.3) is 0 Å². The van der Waals surface area contributed by atoms with Crippen LogP contribution < -0.4 is 5.73 Å². The maximum atomic E-state index is 12.3. The molecule has 0 radical (unpaired) electrons. The molecule has 4 nitrogen and oxygen atoms in total. The first-order valence-electron chi connectivity index (χ1n) is 8.23. The lowest BCUT2D eigenvalue weighted by atomic mass is 9.86. The molecule has 2 rings (SSSR count). The minimum Gasteiger partial charge on any atom is -0.340 e. The topological polar surface area (TPSA) is 49.6 Å². The highest BCUT2D eigenvalue weighted by atomic mass is 35.5. The maximum absolute atomic E-state index is 12.3. The largest absolute Gasteiger partial charge is 0.340 e. The zero-order valence-electron chi connectivity index (χ0n) is 13.6. The minimum absolute atomic E-state index is 0. The van der Waals surface area contributed by atoms with E-state index >= 15 is 0 Å². The SMILES string of the molecule is CC(C)(N)CN1CCN(C(=O)CC2CCCCC2)CC1.Cl. The van der Waals surface area contributed by atoms with Crippen LogP contribution in [0.3, 0.4) is 0 Å². The van der Waals surface area contributed by atoms with Crippen molar-refractivity contribution in [3.05, 3.63) is 0 Å². The van der Waals surface area contributed by atoms with Gasteiger partial charge in [-0.25, -0.2) is 0 Å². The fourth-order valence-electron chi connectivity index (χ4n) is 3.50. The number of nitrogens with zero attached hydrogens (tertiary/aromatic N) is 2. The van der Waals surface area contributed by atoms with E-state index in [-0.39, 0.29) is 17.9 Å². The molecule has 0 aromatic rings. The summed E-state index contributed by atoms with van der Waals surface area (Å²) in [5, 5.41) is 0. The molecule has 0 bridgehead atoms. The minimum atomic E-state index is -0.145. The van der Waals surface area contributed by atoms with E-state index < -0.39 is 0 Å². The number of hydrogen-bond donors (Lipinski definition) is 1. The number of nitrogens with two attached hydrogens (primary N) is 1. The van der Waals surface area contributed by atoms with Crippen LogP contribution in [-0.4, -0.2) is 54.0 Å². The third kappa shape index (κ3) is 6.54. The summed E-state index contributed by atoms with van der Waals surface area (Å²) in [7, 11) is 0. The van der Waals surface area contributed by atoms with Gasteiger partial charge in [0, 0.05) is 44.7 Å². The quantitative estimate of drug-likeness (QED) is 0.865. The third-order valence-corrected chi connectivity index (χ3v) is 4.54. The van der Waals surface area contributed by atoms with Crippen molar-refractivity contribution in [2.24, 2.45) is 11.7 Å². The highest BCUT2D eigenvalue weighted by Gasteiger charge is 2.26. The summed E-state index contributed by atoms with van der Waals surface area (Å²) in [6.45, 7) is 8.73. The van der Waals surface area contributed by atoms with Gasteiger partial charge in [0.15, 0.2) is 0 Å². The van der Waals surface area contributed by atoms with Crippen LogP contribution in [0.25, 0.3) is 0 Å². The predicted molar refractivity (Wildman–Crippen MR) is 89.7 cm³/mol. The molecule has 5 heteroatoms. The maximum Gasteiger partial charge on any atom is 0.222 e. The number of rotatable bonds is 4. The van der Waals surface area contributed by atoms with E-state index in [1.807, 2.05) is 0 Å². The number of halogens is 1. The lowest BCUT2D eigenvalue weighted by molar-refractivity contribution is -0.134. The normalized spacial score (nSPS) is 22.0. The van der Waals surface area contributed by atoms with Crippen LogP contribution in [0.15, 0.2) is 0 Å². The fraction of sp³-hybridized carbons (Fsp3) is 0.938. The molecule has 0 aromatic carbocycles. The Bertz CT molecular complexity index is 316. The standard InChI is InChI=1S/C16H31N3O.ClH/c1-16(2,17)13-18-8-10-19(11-9-18)15(20)12-14-6-4-3-5-7-14;/h14H,3-13,17H2,1-2H3;1H. The van der Waals surface area contributed by atoms with Gasteiger partial charge in [-0.15, -0.1) is 12.4 Å². The van der Waals surface area contributed by atoms with Gasteiger partial charge < -0.3 is 10.6 Å². The second kappa shape index (κ2) is 8.35. The van der Waals surface area contributed by atoms with Crippen LogP contribution in [-0.2, 0) is 4.79 Å². The van der Waals surface area contributed by atoms with Gasteiger partial charge in [-0.05, 0) is 32.6 Å². The second-order valence-corrected chi connectivity index (χ2v) is 7.35. The van der Waals surface area contributed by atoms with E-state index in [1.54, 1.807) is 0 Å². The zero-order chi connectivity index (χ0) is 14.6. The monoisotopic (exact) mass is 317 g/mol. The zero-order valence-corrected chi connectivity index (χ0v) is 14.5. The first-order chi connectivity index (χ1) is 9.44. The summed E-state index contributed by atoms with van der Waals surface area (Å²) >= 11 is 0. The molecule has 0 spiro atoms. The average molecular weight is 318 g/mol. The molecule has 1 amide bonds. The molecule has 1 aliphatic carbocycles. The second-order valence-electron chi connectivity index (χ2n) is 7.35. The highest BCUT2D eigenvalue weighted by molar-refractivity contribution is 5.85. The molecule has 1 saturated heterocycles. The number of carbonyl (C=O) groups excluding carboxylic acids is 1. The van der Waals surface area contributed by atoms with Crippen LogP contribution in [0.2, 0.25) is 0 Å². The van der Waals surface area contributed by atoms with Crippen molar-refractivity contribution in [3.63, 3.8) is 0 Å². The van der Waals surface area contributed by atoms with Gasteiger partial charge >= 0.3 is 0 Å². The Morgan fingerprint density at radius 3 is 2.19 bits per heavy atom. The van der Waals surface area contributed by atoms with Gasteiger partial charge in [-0.1, -0.05) is 19.3 Å². The van der Waals surface area contributed by atoms with Crippen LogP contribution in [0.5, 0.6) is 0 Å². The van der Waals surface area contributed by atoms with E-state index in [4.69, 9.17) is 5.73 Å². The average Bonchev–Trinajstić information content (AvgIpc) is 2.39. The van der Waals surface area contributed by atoms with E-state index in [9.17, 15) is 4.79 Å². The molecule has 0 aromatic heterocycles. The molecule has 1 heterocycles. The van der Waals surface area contributed by atoms with Crippen molar-refractivity contribution >= 4 is 18.3 Å². The Morgan fingerprint density at radius 1 is 1.10 bits per heavy atom. The van der Waals surface area contributed by atoms with Crippen LogP contribution in [0, 0.1) is 5.92 Å². The number of amides is 1. The van der Waals surface area contributed by atoms with E-state index in [1.165, 1.54) is 32.1 Å². The summed E-state index contributed by atoms with van der Waals surface area (Å²) in [4.78, 5) is 16.8. The molecule has 2 aliphatic rings. The lowest BCUT2D eigenvalue weighted by Gasteiger charge is -2.38. The molecule has 1 saturated carbocycles. The Kier molecular flexibility index (Phi) is 7.45. The Labute approximate surface area is 135 Å². The van der Waals surface area contributed by atoms with Crippen molar-refractivity contribution in [1.82, 2.24) is 9.80 Å². The van der Waals surface area contributed by atoms with Crippen molar-refractivity contribution in [1.29, 1.82) is 0 Å². The van der Waals surface area contributed by atoms with E-state index in [0.717, 1.165) is 39.1 Å². The van der Waals surface area contributed by atoms with Gasteiger partial charge in [0.2, 0.25) is 5.91 Å². The van der Waals surface area contributed by atoms with Gasteiger partial charge in [-0.3, -0.25) is 9.69 Å². The highest BCUT2D eigenvalue weighted by Crippen LogP contribution is 2.27. The Balaban J connectivity index is 0.00000220. The van der Waals surface area contributed by atoms with Gasteiger partial charge in [0.1, 0.15) is 0 Å². The number of hydrogen-bond acceptors (Lipinski definition) is 3. The summed E-state index contributed by atoms with van der Waals surface area (Å²) < 4.78 is 0. The first-order valence-corrected chi connectivity index (χ1v) is 8.23. The van der Waals surface area contributed by atoms with Crippen molar-refractivity contribution < 1.29 is 4.79 Å². The van der Waals surface area contributed by atoms with Gasteiger partial charge in [-0.2, -0.15) is 0 Å². The van der Waals surface area contributed by atoms with Crippen molar-refractivity contribution in [3.8, 4) is 0 Å². The molecule has 0 unspecified atom stereocenters. The van der Waals surface area contributed by atoms with Gasteiger partial charge in [0.05, 0.1) is 0 Å². The van der Waals surface area contributed by atoms with E-state index in [0.29, 0.717) is 11.8 Å². The predicted octanol–water partition coefficient (Wildman–Crippen LogP) is 2.26. The van der Waals surface area contributed by atoms with Crippen LogP contribution in [0.4, 0.5) is 0 Å². The summed E-state index contributed by atoms with van der Waals surface area (Å²) in [5.74, 6) is 1.03. The third-order valence-electron chi connectivity index (χ3n) is 4.54. The smallest absolute Gasteiger partial charge is 0.222 e. The molecule has 1 aliphatic heterocycles. The summed E-state index contributed by atoms with van der Waals surface area (Å²) in [6.07, 6.45) is 7.29. The summed E-state index contributed by atoms with van der Waals surface area (Å²) in [5.41, 5.74) is 5.92. The van der Waals surface area contributed by atoms with Crippen molar-refractivity contribution in [2.45, 2.75) is 57.9 Å². The Hall–Kier alpha value is -0.320.